The van der Waals surface area contributed by atoms with Gasteiger partial charge in [0.2, 0.25) is 0 Å². The highest BCUT2D eigenvalue weighted by molar-refractivity contribution is 6.35. The highest BCUT2D eigenvalue weighted by atomic mass is 35.5. The van der Waals surface area contributed by atoms with Crippen molar-refractivity contribution >= 4 is 34.1 Å². The molecule has 21 heavy (non-hydrogen) atoms. The fourth-order valence-corrected chi connectivity index (χ4v) is 2.89. The van der Waals surface area contributed by atoms with E-state index in [-0.39, 0.29) is 0 Å². The molecule has 0 aliphatic rings. The summed E-state index contributed by atoms with van der Waals surface area (Å²) >= 11 is 12.2. The van der Waals surface area contributed by atoms with Gasteiger partial charge >= 0.3 is 0 Å². The average molecular weight is 317 g/mol. The number of aryl methyl sites for hydroxylation is 2. The Morgan fingerprint density at radius 2 is 2.00 bits per heavy atom. The highest BCUT2D eigenvalue weighted by Crippen LogP contribution is 2.30. The van der Waals surface area contributed by atoms with Crippen LogP contribution in [0, 0.1) is 6.92 Å². The topological polar surface area (TPSA) is 25.8 Å². The van der Waals surface area contributed by atoms with E-state index in [9.17, 15) is 0 Å². The predicted molar refractivity (Wildman–Crippen MR) is 89.1 cm³/mol. The maximum Gasteiger partial charge on any atom is 0.0895 e. The van der Waals surface area contributed by atoms with Gasteiger partial charge in [-0.3, -0.25) is 4.98 Å². The number of hydrogen-bond donors (Lipinski definition) is 0. The lowest BCUT2D eigenvalue weighted by Gasteiger charge is -2.12. The first kappa shape index (κ1) is 14.3. The van der Waals surface area contributed by atoms with E-state index in [1.807, 2.05) is 37.3 Å². The Bertz CT molecular complexity index is 800. The van der Waals surface area contributed by atoms with Crippen molar-refractivity contribution in [3.8, 4) is 11.3 Å². The van der Waals surface area contributed by atoms with Gasteiger partial charge in [-0.15, -0.1) is 11.6 Å². The smallest absolute Gasteiger partial charge is 0.0895 e. The quantitative estimate of drug-likeness (QED) is 0.632. The molecule has 3 rings (SSSR count). The Labute approximate surface area is 133 Å². The third kappa shape index (κ3) is 2.74. The molecule has 0 amide bonds. The van der Waals surface area contributed by atoms with Crippen LogP contribution >= 0.6 is 23.2 Å². The molecule has 1 aromatic carbocycles. The molecule has 0 aliphatic heterocycles. The summed E-state index contributed by atoms with van der Waals surface area (Å²) in [6.45, 7) is 1.98. The minimum atomic E-state index is 0.556. The summed E-state index contributed by atoms with van der Waals surface area (Å²) in [6.07, 6.45) is 2.55. The van der Waals surface area contributed by atoms with Crippen molar-refractivity contribution < 1.29 is 0 Å². The SMILES string of the molecule is Cc1ncccc1-c1nc2c(Cl)cccc2cc1CCCl. The monoisotopic (exact) mass is 316 g/mol. The normalized spacial score (nSPS) is 11.0. The van der Waals surface area contributed by atoms with Gasteiger partial charge in [0.25, 0.3) is 0 Å². The third-order valence-corrected chi connectivity index (χ3v) is 4.00. The van der Waals surface area contributed by atoms with Crippen LogP contribution in [-0.2, 0) is 6.42 Å². The van der Waals surface area contributed by atoms with E-state index in [4.69, 9.17) is 28.2 Å². The van der Waals surface area contributed by atoms with Gasteiger partial charge in [-0.05, 0) is 43.2 Å². The van der Waals surface area contributed by atoms with Crippen LogP contribution < -0.4 is 0 Å². The van der Waals surface area contributed by atoms with Crippen molar-refractivity contribution in [1.82, 2.24) is 9.97 Å². The van der Waals surface area contributed by atoms with Crippen LogP contribution in [0.2, 0.25) is 5.02 Å². The molecular weight excluding hydrogens is 303 g/mol. The predicted octanol–water partition coefficient (Wildman–Crippen LogP) is 5.04. The Morgan fingerprint density at radius 3 is 2.76 bits per heavy atom. The summed E-state index contributed by atoms with van der Waals surface area (Å²) in [6, 6.07) is 11.9. The minimum Gasteiger partial charge on any atom is -0.261 e. The second-order valence-corrected chi connectivity index (χ2v) is 5.67. The zero-order valence-corrected chi connectivity index (χ0v) is 13.1. The van der Waals surface area contributed by atoms with Gasteiger partial charge < -0.3 is 0 Å². The highest BCUT2D eigenvalue weighted by Gasteiger charge is 2.12. The first-order valence-corrected chi connectivity index (χ1v) is 7.68. The number of nitrogens with zero attached hydrogens (tertiary/aromatic N) is 2. The molecular formula is C17H14Cl2N2. The summed E-state index contributed by atoms with van der Waals surface area (Å²) in [5, 5.41) is 1.70. The largest absolute Gasteiger partial charge is 0.261 e. The number of rotatable bonds is 3. The standard InChI is InChI=1S/C17H14Cl2N2/c1-11-14(5-3-9-20-11)16-13(7-8-18)10-12-4-2-6-15(19)17(12)21-16/h2-6,9-10H,7-8H2,1H3. The second kappa shape index (κ2) is 6.00. The molecule has 0 saturated carbocycles. The van der Waals surface area contributed by atoms with Gasteiger partial charge in [0, 0.05) is 28.7 Å². The Morgan fingerprint density at radius 1 is 1.14 bits per heavy atom. The number of aromatic nitrogens is 2. The summed E-state index contributed by atoms with van der Waals surface area (Å²) in [5.74, 6) is 0.556. The molecule has 0 bridgehead atoms. The molecule has 0 fully saturated rings. The van der Waals surface area contributed by atoms with Crippen LogP contribution in [-0.4, -0.2) is 15.8 Å². The molecule has 0 atom stereocenters. The van der Waals surface area contributed by atoms with Gasteiger partial charge in [0.15, 0.2) is 0 Å². The molecule has 0 N–H and O–H groups in total. The molecule has 2 heterocycles. The van der Waals surface area contributed by atoms with E-state index in [1.54, 1.807) is 6.20 Å². The van der Waals surface area contributed by atoms with Crippen molar-refractivity contribution in [2.75, 3.05) is 5.88 Å². The number of pyridine rings is 2. The van der Waals surface area contributed by atoms with E-state index in [0.29, 0.717) is 10.9 Å². The van der Waals surface area contributed by atoms with Crippen molar-refractivity contribution in [2.24, 2.45) is 0 Å². The summed E-state index contributed by atoms with van der Waals surface area (Å²) in [7, 11) is 0. The van der Waals surface area contributed by atoms with E-state index in [0.717, 1.165) is 39.8 Å². The molecule has 0 aliphatic carbocycles. The summed E-state index contributed by atoms with van der Waals surface area (Å²) in [4.78, 5) is 9.15. The Hall–Kier alpha value is -1.64. The van der Waals surface area contributed by atoms with Crippen molar-refractivity contribution in [2.45, 2.75) is 13.3 Å². The second-order valence-electron chi connectivity index (χ2n) is 4.88. The number of alkyl halides is 1. The van der Waals surface area contributed by atoms with Crippen LogP contribution in [0.25, 0.3) is 22.2 Å². The summed E-state index contributed by atoms with van der Waals surface area (Å²) in [5.41, 5.74) is 4.83. The maximum absolute atomic E-state index is 6.28. The van der Waals surface area contributed by atoms with Crippen LogP contribution in [0.3, 0.4) is 0 Å². The summed E-state index contributed by atoms with van der Waals surface area (Å²) < 4.78 is 0. The average Bonchev–Trinajstić information content (AvgIpc) is 2.48. The fourth-order valence-electron chi connectivity index (χ4n) is 2.47. The number of fused-ring (bicyclic) bond motifs is 1. The zero-order valence-electron chi connectivity index (χ0n) is 11.6. The van der Waals surface area contributed by atoms with E-state index in [1.165, 1.54) is 0 Å². The van der Waals surface area contributed by atoms with Crippen molar-refractivity contribution in [3.63, 3.8) is 0 Å². The van der Waals surface area contributed by atoms with Crippen molar-refractivity contribution in [1.29, 1.82) is 0 Å². The first-order chi connectivity index (χ1) is 10.2. The lowest BCUT2D eigenvalue weighted by atomic mass is 10.0. The van der Waals surface area contributed by atoms with Gasteiger partial charge in [-0.25, -0.2) is 4.98 Å². The van der Waals surface area contributed by atoms with Crippen LogP contribution in [0.1, 0.15) is 11.3 Å². The zero-order chi connectivity index (χ0) is 14.8. The van der Waals surface area contributed by atoms with Gasteiger partial charge in [-0.2, -0.15) is 0 Å². The van der Waals surface area contributed by atoms with Gasteiger partial charge in [-0.1, -0.05) is 23.7 Å². The Balaban J connectivity index is 2.31. The number of halogens is 2. The molecule has 0 unspecified atom stereocenters. The lowest BCUT2D eigenvalue weighted by molar-refractivity contribution is 1.12. The van der Waals surface area contributed by atoms with Gasteiger partial charge in [0.05, 0.1) is 16.2 Å². The third-order valence-electron chi connectivity index (χ3n) is 3.50. The molecule has 106 valence electrons. The Kier molecular flexibility index (Phi) is 4.09. The molecule has 3 aromatic rings. The van der Waals surface area contributed by atoms with E-state index in [2.05, 4.69) is 11.1 Å². The van der Waals surface area contributed by atoms with Crippen molar-refractivity contribution in [3.05, 3.63) is 58.9 Å². The minimum absolute atomic E-state index is 0.556. The van der Waals surface area contributed by atoms with E-state index >= 15 is 0 Å². The van der Waals surface area contributed by atoms with Gasteiger partial charge in [0.1, 0.15) is 0 Å². The van der Waals surface area contributed by atoms with Crippen LogP contribution in [0.5, 0.6) is 0 Å². The number of para-hydroxylation sites is 1. The molecule has 2 aromatic heterocycles. The van der Waals surface area contributed by atoms with Crippen LogP contribution in [0.15, 0.2) is 42.6 Å². The van der Waals surface area contributed by atoms with Crippen LogP contribution in [0.4, 0.5) is 0 Å². The number of benzene rings is 1. The molecule has 0 radical (unpaired) electrons. The molecule has 0 saturated heterocycles. The van der Waals surface area contributed by atoms with E-state index < -0.39 is 0 Å². The molecule has 4 heteroatoms. The first-order valence-electron chi connectivity index (χ1n) is 6.77. The maximum atomic E-state index is 6.28. The lowest BCUT2D eigenvalue weighted by Crippen LogP contribution is -1.98. The number of hydrogen-bond acceptors (Lipinski definition) is 2. The molecule has 2 nitrogen and oxygen atoms in total. The molecule has 0 spiro atoms. The fraction of sp³-hybridized carbons (Fsp3) is 0.176.